The Kier molecular flexibility index (Phi) is 2.30. The quantitative estimate of drug-likeness (QED) is 0.698. The lowest BCUT2D eigenvalue weighted by molar-refractivity contribution is -0.120. The molecule has 98 valence electrons. The summed E-state index contributed by atoms with van der Waals surface area (Å²) in [4.78, 5) is 12.2. The SMILES string of the molecule is CCc1cccc2c1C1(CC(=O)C2)CC2C=CC1C2. The third-order valence-electron chi connectivity index (χ3n) is 5.52. The highest BCUT2D eigenvalue weighted by atomic mass is 16.1. The average Bonchev–Trinajstić information content (AvgIpc) is 2.98. The van der Waals surface area contributed by atoms with Crippen molar-refractivity contribution in [3.63, 3.8) is 0 Å². The fourth-order valence-electron chi connectivity index (χ4n) is 4.90. The van der Waals surface area contributed by atoms with E-state index < -0.39 is 0 Å². The Hall–Kier alpha value is -1.37. The van der Waals surface area contributed by atoms with Gasteiger partial charge in [0, 0.05) is 18.3 Å². The van der Waals surface area contributed by atoms with Gasteiger partial charge in [0.25, 0.3) is 0 Å². The average molecular weight is 252 g/mol. The minimum Gasteiger partial charge on any atom is -0.299 e. The van der Waals surface area contributed by atoms with Crippen molar-refractivity contribution in [2.75, 3.05) is 0 Å². The van der Waals surface area contributed by atoms with Crippen LogP contribution in [0.4, 0.5) is 0 Å². The smallest absolute Gasteiger partial charge is 0.138 e. The number of allylic oxidation sites excluding steroid dienone is 2. The Labute approximate surface area is 114 Å². The zero-order chi connectivity index (χ0) is 13.0. The molecule has 1 aromatic rings. The molecule has 1 fully saturated rings. The second-order valence-electron chi connectivity index (χ2n) is 6.54. The van der Waals surface area contributed by atoms with Crippen LogP contribution in [0.3, 0.4) is 0 Å². The maximum absolute atomic E-state index is 12.2. The molecule has 1 nitrogen and oxygen atoms in total. The van der Waals surface area contributed by atoms with E-state index in [0.29, 0.717) is 24.0 Å². The molecule has 1 heteroatoms. The predicted molar refractivity (Wildman–Crippen MR) is 76.2 cm³/mol. The van der Waals surface area contributed by atoms with Crippen LogP contribution in [0.5, 0.6) is 0 Å². The molecule has 0 amide bonds. The van der Waals surface area contributed by atoms with Crippen molar-refractivity contribution in [3.05, 3.63) is 47.0 Å². The Morgan fingerprint density at radius 3 is 2.89 bits per heavy atom. The van der Waals surface area contributed by atoms with Crippen molar-refractivity contribution in [2.45, 2.75) is 44.4 Å². The third kappa shape index (κ3) is 1.45. The number of hydrogen-bond acceptors (Lipinski definition) is 1. The Morgan fingerprint density at radius 2 is 2.21 bits per heavy atom. The fourth-order valence-corrected chi connectivity index (χ4v) is 4.90. The van der Waals surface area contributed by atoms with Crippen molar-refractivity contribution in [2.24, 2.45) is 11.8 Å². The normalized spacial score (nSPS) is 35.1. The molecule has 0 aromatic heterocycles. The summed E-state index contributed by atoms with van der Waals surface area (Å²) >= 11 is 0. The van der Waals surface area contributed by atoms with E-state index in [1.807, 2.05) is 0 Å². The zero-order valence-electron chi connectivity index (χ0n) is 11.5. The van der Waals surface area contributed by atoms with Crippen LogP contribution in [0.25, 0.3) is 0 Å². The maximum Gasteiger partial charge on any atom is 0.138 e. The van der Waals surface area contributed by atoms with Crippen molar-refractivity contribution in [3.8, 4) is 0 Å². The molecule has 0 N–H and O–H groups in total. The van der Waals surface area contributed by atoms with Gasteiger partial charge in [0.2, 0.25) is 0 Å². The third-order valence-corrected chi connectivity index (χ3v) is 5.52. The van der Waals surface area contributed by atoms with Crippen molar-refractivity contribution in [1.29, 1.82) is 0 Å². The van der Waals surface area contributed by atoms with Gasteiger partial charge in [-0.1, -0.05) is 37.3 Å². The highest BCUT2D eigenvalue weighted by Crippen LogP contribution is 2.58. The van der Waals surface area contributed by atoms with Crippen LogP contribution >= 0.6 is 0 Å². The predicted octanol–water partition coefficient (Wildman–Crippen LogP) is 3.60. The number of hydrogen-bond donors (Lipinski definition) is 0. The topological polar surface area (TPSA) is 17.1 Å². The number of carbonyl (C=O) groups excluding carboxylic acids is 1. The zero-order valence-corrected chi connectivity index (χ0v) is 11.5. The molecule has 3 aliphatic rings. The van der Waals surface area contributed by atoms with Gasteiger partial charge < -0.3 is 0 Å². The minimum atomic E-state index is 0.149. The summed E-state index contributed by atoms with van der Waals surface area (Å²) in [6.07, 6.45) is 9.76. The molecule has 0 aliphatic heterocycles. The highest BCUT2D eigenvalue weighted by molar-refractivity contribution is 5.86. The van der Waals surface area contributed by atoms with E-state index in [2.05, 4.69) is 37.3 Å². The number of rotatable bonds is 1. The Balaban J connectivity index is 1.95. The lowest BCUT2D eigenvalue weighted by Crippen LogP contribution is -2.39. The van der Waals surface area contributed by atoms with Crippen LogP contribution in [-0.2, 0) is 23.1 Å². The molecule has 3 unspecified atom stereocenters. The summed E-state index contributed by atoms with van der Waals surface area (Å²) in [7, 11) is 0. The first kappa shape index (κ1) is 11.5. The van der Waals surface area contributed by atoms with E-state index in [0.717, 1.165) is 12.8 Å². The van der Waals surface area contributed by atoms with Crippen LogP contribution in [-0.4, -0.2) is 5.78 Å². The van der Waals surface area contributed by atoms with Crippen LogP contribution in [0, 0.1) is 11.8 Å². The van der Waals surface area contributed by atoms with E-state index >= 15 is 0 Å². The number of benzene rings is 1. The molecular weight excluding hydrogens is 232 g/mol. The Morgan fingerprint density at radius 1 is 1.32 bits per heavy atom. The molecule has 0 saturated heterocycles. The number of carbonyl (C=O) groups is 1. The maximum atomic E-state index is 12.2. The molecule has 3 atom stereocenters. The van der Waals surface area contributed by atoms with Gasteiger partial charge in [0.05, 0.1) is 0 Å². The largest absolute Gasteiger partial charge is 0.299 e. The monoisotopic (exact) mass is 252 g/mol. The summed E-state index contributed by atoms with van der Waals surface area (Å²) in [5, 5.41) is 0. The lowest BCUT2D eigenvalue weighted by Gasteiger charge is -2.41. The van der Waals surface area contributed by atoms with Gasteiger partial charge in [-0.05, 0) is 47.8 Å². The summed E-state index contributed by atoms with van der Waals surface area (Å²) in [6, 6.07) is 6.59. The van der Waals surface area contributed by atoms with Gasteiger partial charge in [-0.25, -0.2) is 0 Å². The van der Waals surface area contributed by atoms with Crippen molar-refractivity contribution >= 4 is 5.78 Å². The Bertz CT molecular complexity index is 583. The summed E-state index contributed by atoms with van der Waals surface area (Å²) in [5.74, 6) is 1.77. The molecule has 4 rings (SSSR count). The van der Waals surface area contributed by atoms with E-state index in [4.69, 9.17) is 0 Å². The van der Waals surface area contributed by atoms with Gasteiger partial charge in [-0.15, -0.1) is 0 Å². The molecule has 3 aliphatic carbocycles. The standard InChI is InChI=1S/C18H20O/c1-2-13-4-3-5-14-9-16(19)11-18(17(13)14)10-12-6-7-15(18)8-12/h3-7,12,15H,2,8-11H2,1H3. The highest BCUT2D eigenvalue weighted by Gasteiger charge is 2.53. The number of aryl methyl sites for hydroxylation is 1. The van der Waals surface area contributed by atoms with E-state index in [1.54, 1.807) is 5.56 Å². The van der Waals surface area contributed by atoms with Gasteiger partial charge in [-0.2, -0.15) is 0 Å². The van der Waals surface area contributed by atoms with Crippen LogP contribution in [0.15, 0.2) is 30.4 Å². The van der Waals surface area contributed by atoms with Gasteiger partial charge in [-0.3, -0.25) is 4.79 Å². The molecule has 0 radical (unpaired) electrons. The first-order chi connectivity index (χ1) is 9.23. The van der Waals surface area contributed by atoms with Gasteiger partial charge >= 0.3 is 0 Å². The molecule has 1 aromatic carbocycles. The lowest BCUT2D eigenvalue weighted by atomic mass is 9.61. The second-order valence-corrected chi connectivity index (χ2v) is 6.54. The molecule has 1 saturated carbocycles. The van der Waals surface area contributed by atoms with Crippen LogP contribution in [0.1, 0.15) is 42.9 Å². The molecule has 19 heavy (non-hydrogen) atoms. The number of Topliss-reactive ketones (excluding diaryl/α,β-unsaturated/α-hetero) is 1. The van der Waals surface area contributed by atoms with Crippen molar-refractivity contribution in [1.82, 2.24) is 0 Å². The summed E-state index contributed by atoms with van der Waals surface area (Å²) < 4.78 is 0. The summed E-state index contributed by atoms with van der Waals surface area (Å²) in [5.41, 5.74) is 4.49. The molecule has 0 heterocycles. The second kappa shape index (κ2) is 3.82. The fraction of sp³-hybridized carbons (Fsp3) is 0.500. The molecular formula is C18H20O. The number of ketones is 1. The molecule has 1 spiro atoms. The van der Waals surface area contributed by atoms with E-state index in [-0.39, 0.29) is 5.41 Å². The molecule has 2 bridgehead atoms. The first-order valence-corrected chi connectivity index (χ1v) is 7.54. The van der Waals surface area contributed by atoms with Crippen LogP contribution in [0.2, 0.25) is 0 Å². The first-order valence-electron chi connectivity index (χ1n) is 7.54. The summed E-state index contributed by atoms with van der Waals surface area (Å²) in [6.45, 7) is 2.24. The van der Waals surface area contributed by atoms with Crippen molar-refractivity contribution < 1.29 is 4.79 Å². The van der Waals surface area contributed by atoms with E-state index in [9.17, 15) is 4.79 Å². The van der Waals surface area contributed by atoms with Gasteiger partial charge in [0.15, 0.2) is 0 Å². The van der Waals surface area contributed by atoms with Crippen LogP contribution < -0.4 is 0 Å². The van der Waals surface area contributed by atoms with Gasteiger partial charge in [0.1, 0.15) is 5.78 Å². The minimum absolute atomic E-state index is 0.149. The van der Waals surface area contributed by atoms with E-state index in [1.165, 1.54) is 24.0 Å². The number of fused-ring (bicyclic) bond motifs is 5.